The lowest BCUT2D eigenvalue weighted by Gasteiger charge is -2.22. The summed E-state index contributed by atoms with van der Waals surface area (Å²) < 4.78 is 13.9. The third-order valence-corrected chi connectivity index (χ3v) is 7.03. The number of benzene rings is 2. The highest BCUT2D eigenvalue weighted by atomic mass is 35.5. The number of methoxy groups -OCH3 is 2. The summed E-state index contributed by atoms with van der Waals surface area (Å²) >= 11 is 6.11. The van der Waals surface area contributed by atoms with Crippen molar-refractivity contribution in [2.24, 2.45) is 0 Å². The molecule has 180 valence electrons. The Balaban J connectivity index is 1.72. The van der Waals surface area contributed by atoms with Crippen molar-refractivity contribution in [2.45, 2.75) is 84.1 Å². The molecular weight excluding hydrogens is 430 g/mol. The number of rotatable bonds is 14. The molecular formula is C29H41ClNO2+. The van der Waals surface area contributed by atoms with Crippen molar-refractivity contribution in [2.75, 3.05) is 20.8 Å². The Morgan fingerprint density at radius 2 is 1.48 bits per heavy atom. The van der Waals surface area contributed by atoms with E-state index in [0.717, 1.165) is 42.5 Å². The highest BCUT2D eigenvalue weighted by molar-refractivity contribution is 6.30. The van der Waals surface area contributed by atoms with Gasteiger partial charge in [-0.05, 0) is 30.7 Å². The largest absolute Gasteiger partial charge is 0.493 e. The summed E-state index contributed by atoms with van der Waals surface area (Å²) in [5, 5.41) is 0.790. The maximum Gasteiger partial charge on any atom is 0.184 e. The van der Waals surface area contributed by atoms with Crippen molar-refractivity contribution in [3.8, 4) is 11.5 Å². The summed E-state index contributed by atoms with van der Waals surface area (Å²) in [5.74, 6) is 1.72. The average molecular weight is 471 g/mol. The van der Waals surface area contributed by atoms with Crippen LogP contribution in [0.5, 0.6) is 11.5 Å². The summed E-state index contributed by atoms with van der Waals surface area (Å²) in [5.41, 5.74) is 5.35. The van der Waals surface area contributed by atoms with Crippen LogP contribution in [0.1, 0.15) is 87.8 Å². The Hall–Kier alpha value is -2.00. The number of nitrogens with zero attached hydrogens (tertiary/aromatic N) is 1. The maximum absolute atomic E-state index is 6.11. The predicted octanol–water partition coefficient (Wildman–Crippen LogP) is 7.84. The molecule has 0 unspecified atom stereocenters. The van der Waals surface area contributed by atoms with Crippen LogP contribution in [0.4, 0.5) is 0 Å². The summed E-state index contributed by atoms with van der Waals surface area (Å²) in [4.78, 5) is 0. The standard InChI is InChI=1S/C29H41ClNO2/c1-4-5-6-7-8-9-10-11-12-13-27-25-18-19-28(32-2)29(33-3)26(25)20-21-31(27)22-23-14-16-24(30)17-15-23/h14-19H,4-13,20-22H2,1-3H3/q+1. The van der Waals surface area contributed by atoms with E-state index in [9.17, 15) is 0 Å². The molecule has 0 saturated carbocycles. The molecule has 0 saturated heterocycles. The average Bonchev–Trinajstić information content (AvgIpc) is 2.84. The van der Waals surface area contributed by atoms with Crippen LogP contribution in [-0.2, 0) is 13.0 Å². The van der Waals surface area contributed by atoms with Crippen LogP contribution in [0.3, 0.4) is 0 Å². The van der Waals surface area contributed by atoms with E-state index in [2.05, 4.69) is 35.8 Å². The zero-order valence-electron chi connectivity index (χ0n) is 20.8. The summed E-state index contributed by atoms with van der Waals surface area (Å²) in [6.45, 7) is 4.19. The lowest BCUT2D eigenvalue weighted by Crippen LogP contribution is -2.30. The van der Waals surface area contributed by atoms with Gasteiger partial charge in [0.25, 0.3) is 0 Å². The first-order valence-electron chi connectivity index (χ1n) is 12.8. The van der Waals surface area contributed by atoms with E-state index >= 15 is 0 Å². The third-order valence-electron chi connectivity index (χ3n) is 6.78. The molecule has 0 amide bonds. The van der Waals surface area contributed by atoms with Crippen molar-refractivity contribution >= 4 is 17.3 Å². The molecule has 0 radical (unpaired) electrons. The van der Waals surface area contributed by atoms with Crippen LogP contribution in [0, 0.1) is 0 Å². The summed E-state index contributed by atoms with van der Waals surface area (Å²) in [6, 6.07) is 12.5. The van der Waals surface area contributed by atoms with E-state index in [0.29, 0.717) is 0 Å². The van der Waals surface area contributed by atoms with Crippen molar-refractivity contribution in [1.29, 1.82) is 0 Å². The molecule has 4 heteroatoms. The number of unbranched alkanes of at least 4 members (excludes halogenated alkanes) is 8. The van der Waals surface area contributed by atoms with Crippen molar-refractivity contribution in [3.05, 3.63) is 58.1 Å². The van der Waals surface area contributed by atoms with Gasteiger partial charge in [-0.3, -0.25) is 0 Å². The third kappa shape index (κ3) is 7.24. The minimum absolute atomic E-state index is 0.790. The van der Waals surface area contributed by atoms with E-state index in [1.807, 2.05) is 12.1 Å². The van der Waals surface area contributed by atoms with Gasteiger partial charge in [-0.15, -0.1) is 0 Å². The predicted molar refractivity (Wildman–Crippen MR) is 139 cm³/mol. The molecule has 2 aromatic rings. The Labute approximate surface area is 205 Å². The molecule has 0 bridgehead atoms. The van der Waals surface area contributed by atoms with E-state index in [-0.39, 0.29) is 0 Å². The van der Waals surface area contributed by atoms with Gasteiger partial charge < -0.3 is 9.47 Å². The first-order valence-corrected chi connectivity index (χ1v) is 13.1. The monoisotopic (exact) mass is 470 g/mol. The topological polar surface area (TPSA) is 21.5 Å². The van der Waals surface area contributed by atoms with Gasteiger partial charge in [-0.2, -0.15) is 0 Å². The number of hydrogen-bond acceptors (Lipinski definition) is 2. The fraction of sp³-hybridized carbons (Fsp3) is 0.552. The number of hydrogen-bond donors (Lipinski definition) is 0. The lowest BCUT2D eigenvalue weighted by molar-refractivity contribution is -0.545. The Bertz CT molecular complexity index is 905. The molecule has 0 aromatic heterocycles. The Morgan fingerprint density at radius 1 is 0.818 bits per heavy atom. The van der Waals surface area contributed by atoms with Crippen LogP contribution in [0.2, 0.25) is 5.02 Å². The second-order valence-electron chi connectivity index (χ2n) is 9.15. The lowest BCUT2D eigenvalue weighted by atomic mass is 9.92. The van der Waals surface area contributed by atoms with E-state index in [4.69, 9.17) is 21.1 Å². The zero-order valence-corrected chi connectivity index (χ0v) is 21.6. The van der Waals surface area contributed by atoms with Gasteiger partial charge in [0.05, 0.1) is 14.2 Å². The summed E-state index contributed by atoms with van der Waals surface area (Å²) in [6.07, 6.45) is 14.2. The molecule has 0 N–H and O–H groups in total. The summed E-state index contributed by atoms with van der Waals surface area (Å²) in [7, 11) is 3.46. The highest BCUT2D eigenvalue weighted by Gasteiger charge is 2.29. The van der Waals surface area contributed by atoms with Gasteiger partial charge in [-0.1, -0.05) is 82.0 Å². The van der Waals surface area contributed by atoms with Crippen molar-refractivity contribution < 1.29 is 14.0 Å². The molecule has 1 heterocycles. The molecule has 1 aliphatic rings. The van der Waals surface area contributed by atoms with E-state index in [1.165, 1.54) is 80.2 Å². The van der Waals surface area contributed by atoms with Crippen molar-refractivity contribution in [1.82, 2.24) is 0 Å². The van der Waals surface area contributed by atoms with Gasteiger partial charge in [0.15, 0.2) is 23.8 Å². The van der Waals surface area contributed by atoms with Crippen LogP contribution in [0.15, 0.2) is 36.4 Å². The van der Waals surface area contributed by atoms with Gasteiger partial charge in [-0.25, -0.2) is 4.58 Å². The minimum atomic E-state index is 0.790. The second kappa shape index (κ2) is 13.6. The smallest absolute Gasteiger partial charge is 0.184 e. The number of fused-ring (bicyclic) bond motifs is 1. The van der Waals surface area contributed by atoms with Crippen LogP contribution < -0.4 is 9.47 Å². The second-order valence-corrected chi connectivity index (χ2v) is 9.59. The molecule has 3 nitrogen and oxygen atoms in total. The molecule has 0 aliphatic carbocycles. The van der Waals surface area contributed by atoms with Crippen LogP contribution in [-0.4, -0.2) is 31.1 Å². The maximum atomic E-state index is 6.11. The molecule has 2 aromatic carbocycles. The molecule has 0 atom stereocenters. The first kappa shape index (κ1) is 25.6. The van der Waals surface area contributed by atoms with E-state index < -0.39 is 0 Å². The molecule has 33 heavy (non-hydrogen) atoms. The quantitative estimate of drug-likeness (QED) is 0.207. The molecule has 3 rings (SSSR count). The Kier molecular flexibility index (Phi) is 10.6. The van der Waals surface area contributed by atoms with E-state index in [1.54, 1.807) is 14.2 Å². The number of halogens is 1. The Morgan fingerprint density at radius 3 is 2.12 bits per heavy atom. The van der Waals surface area contributed by atoms with Crippen LogP contribution in [0.25, 0.3) is 0 Å². The molecule has 1 aliphatic heterocycles. The molecule has 0 spiro atoms. The normalized spacial score (nSPS) is 13.2. The SMILES string of the molecule is CCCCCCCCCCCC1=[N+](Cc2ccc(Cl)cc2)CCc2c1ccc(OC)c2OC. The van der Waals surface area contributed by atoms with Crippen molar-refractivity contribution in [3.63, 3.8) is 0 Å². The van der Waals surface area contributed by atoms with Gasteiger partial charge in [0.2, 0.25) is 0 Å². The minimum Gasteiger partial charge on any atom is -0.493 e. The van der Waals surface area contributed by atoms with Gasteiger partial charge in [0, 0.05) is 34.6 Å². The van der Waals surface area contributed by atoms with Gasteiger partial charge in [0.1, 0.15) is 6.54 Å². The zero-order chi connectivity index (χ0) is 23.5. The highest BCUT2D eigenvalue weighted by Crippen LogP contribution is 2.36. The van der Waals surface area contributed by atoms with Crippen LogP contribution >= 0.6 is 11.6 Å². The fourth-order valence-corrected chi connectivity index (χ4v) is 5.07. The molecule has 0 fully saturated rings. The first-order chi connectivity index (χ1) is 16.2. The fourth-order valence-electron chi connectivity index (χ4n) is 4.94. The number of ether oxygens (including phenoxy) is 2. The van der Waals surface area contributed by atoms with Gasteiger partial charge >= 0.3 is 0 Å².